The highest BCUT2D eigenvalue weighted by molar-refractivity contribution is 5.62. The summed E-state index contributed by atoms with van der Waals surface area (Å²) in [7, 11) is 0. The summed E-state index contributed by atoms with van der Waals surface area (Å²) in [6.45, 7) is 6.23. The highest BCUT2D eigenvalue weighted by Crippen LogP contribution is 2.08. The molecule has 0 heterocycles. The molecule has 0 aliphatic heterocycles. The van der Waals surface area contributed by atoms with Crippen molar-refractivity contribution >= 4 is 5.97 Å². The lowest BCUT2D eigenvalue weighted by Gasteiger charge is -2.09. The van der Waals surface area contributed by atoms with E-state index in [0.717, 1.165) is 20.0 Å². The Morgan fingerprint density at radius 2 is 1.47 bits per heavy atom. The van der Waals surface area contributed by atoms with Crippen molar-refractivity contribution in [3.05, 3.63) is 0 Å². The van der Waals surface area contributed by atoms with Gasteiger partial charge in [-0.15, -0.1) is 0 Å². The summed E-state index contributed by atoms with van der Waals surface area (Å²) >= 11 is 0. The molecule has 0 aromatic carbocycles. The number of carbonyl (C=O) groups is 1. The van der Waals surface area contributed by atoms with E-state index in [9.17, 15) is 0 Å². The zero-order valence-corrected chi connectivity index (χ0v) is 13.0. The van der Waals surface area contributed by atoms with Crippen molar-refractivity contribution < 1.29 is 14.6 Å². The number of carboxylic acids is 1. The van der Waals surface area contributed by atoms with Crippen molar-refractivity contribution in [2.75, 3.05) is 6.61 Å². The fraction of sp³-hybridized carbons (Fsp3) is 0.933. The first-order valence-electron chi connectivity index (χ1n) is 7.61. The molecular formula is C15H33NO3. The molecule has 1 unspecified atom stereocenters. The third kappa shape index (κ3) is 26.8. The van der Waals surface area contributed by atoms with Gasteiger partial charge in [-0.3, -0.25) is 4.79 Å². The van der Waals surface area contributed by atoms with Gasteiger partial charge in [-0.2, -0.15) is 0 Å². The number of nitrogens with two attached hydrogens (primary N) is 1. The minimum Gasteiger partial charge on any atom is -0.481 e. The SMILES string of the molecule is CC(=O)O.CCCCCCCCCCOC(N)CC. The summed E-state index contributed by atoms with van der Waals surface area (Å²) < 4.78 is 5.41. The topological polar surface area (TPSA) is 72.5 Å². The van der Waals surface area contributed by atoms with Crippen molar-refractivity contribution in [1.29, 1.82) is 0 Å². The summed E-state index contributed by atoms with van der Waals surface area (Å²) in [5, 5.41) is 7.42. The van der Waals surface area contributed by atoms with E-state index in [1.54, 1.807) is 0 Å². The highest BCUT2D eigenvalue weighted by atomic mass is 16.5. The second kappa shape index (κ2) is 17.4. The minimum absolute atomic E-state index is 0.0467. The lowest BCUT2D eigenvalue weighted by Crippen LogP contribution is -2.22. The molecule has 116 valence electrons. The maximum absolute atomic E-state index is 9.00. The lowest BCUT2D eigenvalue weighted by atomic mass is 10.1. The maximum atomic E-state index is 9.00. The molecule has 0 amide bonds. The van der Waals surface area contributed by atoms with E-state index in [-0.39, 0.29) is 6.23 Å². The molecule has 0 aromatic heterocycles. The van der Waals surface area contributed by atoms with Gasteiger partial charge in [0.25, 0.3) is 5.97 Å². The number of rotatable bonds is 11. The number of hydrogen-bond acceptors (Lipinski definition) is 3. The van der Waals surface area contributed by atoms with Crippen molar-refractivity contribution in [3.63, 3.8) is 0 Å². The van der Waals surface area contributed by atoms with E-state index in [4.69, 9.17) is 20.4 Å². The summed E-state index contributed by atoms with van der Waals surface area (Å²) in [5.41, 5.74) is 5.65. The zero-order chi connectivity index (χ0) is 14.9. The molecule has 0 saturated heterocycles. The molecule has 0 aliphatic carbocycles. The predicted octanol–water partition coefficient (Wildman–Crippen LogP) is 3.93. The fourth-order valence-electron chi connectivity index (χ4n) is 1.59. The van der Waals surface area contributed by atoms with Crippen LogP contribution >= 0.6 is 0 Å². The minimum atomic E-state index is -0.833. The van der Waals surface area contributed by atoms with Gasteiger partial charge in [-0.1, -0.05) is 58.8 Å². The quantitative estimate of drug-likeness (QED) is 0.442. The molecule has 19 heavy (non-hydrogen) atoms. The Balaban J connectivity index is 0. The molecule has 4 heteroatoms. The monoisotopic (exact) mass is 275 g/mol. The van der Waals surface area contributed by atoms with Crippen LogP contribution in [-0.2, 0) is 9.53 Å². The molecule has 1 atom stereocenters. The van der Waals surface area contributed by atoms with Crippen LogP contribution < -0.4 is 5.73 Å². The largest absolute Gasteiger partial charge is 0.481 e. The molecule has 0 fully saturated rings. The van der Waals surface area contributed by atoms with E-state index in [1.165, 1.54) is 51.4 Å². The third-order valence-electron chi connectivity index (χ3n) is 2.73. The molecule has 0 bridgehead atoms. The van der Waals surface area contributed by atoms with Gasteiger partial charge in [0.2, 0.25) is 0 Å². The average Bonchev–Trinajstić information content (AvgIpc) is 2.36. The molecule has 0 saturated carbocycles. The van der Waals surface area contributed by atoms with E-state index < -0.39 is 5.97 Å². The number of carboxylic acid groups (broad SMARTS) is 1. The highest BCUT2D eigenvalue weighted by Gasteiger charge is 1.97. The maximum Gasteiger partial charge on any atom is 0.300 e. The van der Waals surface area contributed by atoms with E-state index in [1.807, 2.05) is 0 Å². The Hall–Kier alpha value is -0.610. The zero-order valence-electron chi connectivity index (χ0n) is 13.0. The van der Waals surface area contributed by atoms with E-state index in [0.29, 0.717) is 0 Å². The van der Waals surface area contributed by atoms with Gasteiger partial charge >= 0.3 is 0 Å². The Labute approximate surface area is 118 Å². The molecule has 0 rings (SSSR count). The molecule has 0 aromatic rings. The van der Waals surface area contributed by atoms with Crippen LogP contribution in [0.2, 0.25) is 0 Å². The fourth-order valence-corrected chi connectivity index (χ4v) is 1.59. The standard InChI is InChI=1S/C13H29NO.C2H4O2/c1-3-5-6-7-8-9-10-11-12-15-13(14)4-2;1-2(3)4/h13H,3-12,14H2,1-2H3;1H3,(H,3,4). The second-order valence-corrected chi connectivity index (χ2v) is 4.81. The summed E-state index contributed by atoms with van der Waals surface area (Å²) in [6, 6.07) is 0. The number of ether oxygens (including phenoxy) is 1. The second-order valence-electron chi connectivity index (χ2n) is 4.81. The lowest BCUT2D eigenvalue weighted by molar-refractivity contribution is -0.134. The van der Waals surface area contributed by atoms with Crippen molar-refractivity contribution in [1.82, 2.24) is 0 Å². The average molecular weight is 275 g/mol. The smallest absolute Gasteiger partial charge is 0.300 e. The Morgan fingerprint density at radius 1 is 1.05 bits per heavy atom. The summed E-state index contributed by atoms with van der Waals surface area (Å²) in [5.74, 6) is -0.833. The number of aliphatic carboxylic acids is 1. The normalized spacial score (nSPS) is 11.6. The molecule has 0 aliphatic rings. The van der Waals surface area contributed by atoms with Crippen molar-refractivity contribution in [2.45, 2.75) is 84.8 Å². The van der Waals surface area contributed by atoms with Crippen LogP contribution in [-0.4, -0.2) is 23.9 Å². The van der Waals surface area contributed by atoms with Gasteiger partial charge in [0.15, 0.2) is 0 Å². The van der Waals surface area contributed by atoms with Crippen molar-refractivity contribution in [3.8, 4) is 0 Å². The van der Waals surface area contributed by atoms with Gasteiger partial charge in [-0.05, 0) is 12.8 Å². The van der Waals surface area contributed by atoms with Gasteiger partial charge in [0.1, 0.15) is 6.23 Å². The first-order chi connectivity index (χ1) is 9.04. The van der Waals surface area contributed by atoms with Crippen LogP contribution in [0, 0.1) is 0 Å². The molecular weight excluding hydrogens is 242 g/mol. The predicted molar refractivity (Wildman–Crippen MR) is 80.1 cm³/mol. The molecule has 4 nitrogen and oxygen atoms in total. The van der Waals surface area contributed by atoms with Gasteiger partial charge in [0, 0.05) is 13.5 Å². The van der Waals surface area contributed by atoms with Crippen LogP contribution in [0.4, 0.5) is 0 Å². The van der Waals surface area contributed by atoms with E-state index >= 15 is 0 Å². The number of hydrogen-bond donors (Lipinski definition) is 2. The van der Waals surface area contributed by atoms with Gasteiger partial charge in [-0.25, -0.2) is 0 Å². The van der Waals surface area contributed by atoms with Crippen molar-refractivity contribution in [2.24, 2.45) is 5.73 Å². The van der Waals surface area contributed by atoms with Crippen LogP contribution in [0.5, 0.6) is 0 Å². The Morgan fingerprint density at radius 3 is 1.89 bits per heavy atom. The van der Waals surface area contributed by atoms with Gasteiger partial charge in [0.05, 0.1) is 0 Å². The molecule has 0 spiro atoms. The van der Waals surface area contributed by atoms with Crippen LogP contribution in [0.15, 0.2) is 0 Å². The van der Waals surface area contributed by atoms with Crippen LogP contribution in [0.3, 0.4) is 0 Å². The van der Waals surface area contributed by atoms with E-state index in [2.05, 4.69) is 13.8 Å². The molecule has 3 N–H and O–H groups in total. The Kier molecular flexibility index (Phi) is 18.9. The molecule has 0 radical (unpaired) electrons. The first-order valence-corrected chi connectivity index (χ1v) is 7.61. The number of unbranched alkanes of at least 4 members (excludes halogenated alkanes) is 7. The van der Waals surface area contributed by atoms with Crippen LogP contribution in [0.1, 0.15) is 78.6 Å². The summed E-state index contributed by atoms with van der Waals surface area (Å²) in [6.07, 6.45) is 11.6. The Bertz CT molecular complexity index is 182. The van der Waals surface area contributed by atoms with Crippen LogP contribution in [0.25, 0.3) is 0 Å². The third-order valence-corrected chi connectivity index (χ3v) is 2.73. The van der Waals surface area contributed by atoms with Gasteiger partial charge < -0.3 is 15.6 Å². The summed E-state index contributed by atoms with van der Waals surface area (Å²) in [4.78, 5) is 9.00. The first kappa shape index (κ1) is 20.7.